The van der Waals surface area contributed by atoms with Crippen LogP contribution in [0.25, 0.3) is 10.8 Å². The van der Waals surface area contributed by atoms with Crippen molar-refractivity contribution in [2.45, 2.75) is 31.1 Å². The van der Waals surface area contributed by atoms with Crippen molar-refractivity contribution in [3.8, 4) is 0 Å². The summed E-state index contributed by atoms with van der Waals surface area (Å²) >= 11 is 0. The molecule has 0 aliphatic heterocycles. The van der Waals surface area contributed by atoms with E-state index in [-0.39, 0.29) is 5.92 Å². The van der Waals surface area contributed by atoms with Crippen molar-refractivity contribution in [3.63, 3.8) is 0 Å². The van der Waals surface area contributed by atoms with Gasteiger partial charge in [0.05, 0.1) is 0 Å². The van der Waals surface area contributed by atoms with Crippen molar-refractivity contribution >= 4 is 16.6 Å². The minimum atomic E-state index is 0.194. The van der Waals surface area contributed by atoms with Crippen LogP contribution in [0.1, 0.15) is 42.2 Å². The minimum Gasteiger partial charge on any atom is -0.299 e. The maximum atomic E-state index is 12.0. The Bertz CT molecular complexity index is 626. The second kappa shape index (κ2) is 3.19. The summed E-state index contributed by atoms with van der Waals surface area (Å²) in [4.78, 5) is 12.0. The number of Topliss-reactive ketones (excluding diaryl/α,β-unsaturated/α-hetero) is 1. The Hall–Kier alpha value is -1.63. The third kappa shape index (κ3) is 1.22. The van der Waals surface area contributed by atoms with Crippen LogP contribution in [-0.2, 0) is 4.79 Å². The lowest BCUT2D eigenvalue weighted by atomic mass is 9.66. The van der Waals surface area contributed by atoms with Gasteiger partial charge in [0.25, 0.3) is 0 Å². The molecule has 0 saturated heterocycles. The molecule has 0 radical (unpaired) electrons. The molecule has 2 aromatic carbocycles. The molecule has 1 saturated carbocycles. The molecule has 2 bridgehead atoms. The van der Waals surface area contributed by atoms with E-state index in [0.717, 1.165) is 12.8 Å². The minimum absolute atomic E-state index is 0.194. The molecule has 0 heterocycles. The van der Waals surface area contributed by atoms with Gasteiger partial charge in [0.15, 0.2) is 0 Å². The quantitative estimate of drug-likeness (QED) is 0.663. The number of carbonyl (C=O) groups is 1. The molecule has 2 atom stereocenters. The summed E-state index contributed by atoms with van der Waals surface area (Å²) in [7, 11) is 0. The number of carbonyl (C=O) groups excluding carboxylic acids is 1. The van der Waals surface area contributed by atoms with Crippen molar-refractivity contribution in [2.75, 3.05) is 0 Å². The van der Waals surface area contributed by atoms with Crippen LogP contribution in [-0.4, -0.2) is 5.78 Å². The van der Waals surface area contributed by atoms with Crippen molar-refractivity contribution in [1.82, 2.24) is 0 Å². The summed E-state index contributed by atoms with van der Waals surface area (Å²) < 4.78 is 0. The number of benzene rings is 2. The molecule has 17 heavy (non-hydrogen) atoms. The molecule has 0 amide bonds. The first-order valence-corrected chi connectivity index (χ1v) is 6.38. The standard InChI is InChI=1S/C16H14O/c17-16-9-12-5-6-13(16)15-8-11-4-2-1-3-10(11)7-14(12)15/h1-4,7-8,12-13H,5-6,9H2. The predicted octanol–water partition coefficient (Wildman–Crippen LogP) is 3.77. The average Bonchev–Trinajstić information content (AvgIpc) is 2.37. The highest BCUT2D eigenvalue weighted by molar-refractivity contribution is 5.93. The van der Waals surface area contributed by atoms with E-state index in [1.54, 1.807) is 0 Å². The Morgan fingerprint density at radius 2 is 1.65 bits per heavy atom. The fourth-order valence-corrected chi connectivity index (χ4v) is 3.54. The van der Waals surface area contributed by atoms with Crippen LogP contribution in [0, 0.1) is 0 Å². The number of ketones is 1. The largest absolute Gasteiger partial charge is 0.299 e. The topological polar surface area (TPSA) is 17.1 Å². The second-order valence-corrected chi connectivity index (χ2v) is 5.33. The molecule has 0 aromatic heterocycles. The summed E-state index contributed by atoms with van der Waals surface area (Å²) in [5, 5.41) is 2.58. The Labute approximate surface area is 100 Å². The van der Waals surface area contributed by atoms with E-state index in [1.165, 1.54) is 28.3 Å². The number of hydrogen-bond acceptors (Lipinski definition) is 1. The van der Waals surface area contributed by atoms with E-state index in [2.05, 4.69) is 36.4 Å². The third-order valence-corrected chi connectivity index (χ3v) is 4.41. The smallest absolute Gasteiger partial charge is 0.140 e. The average molecular weight is 222 g/mol. The monoisotopic (exact) mass is 222 g/mol. The van der Waals surface area contributed by atoms with Gasteiger partial charge in [-0.05, 0) is 40.7 Å². The lowest BCUT2D eigenvalue weighted by molar-refractivity contribution is -0.123. The van der Waals surface area contributed by atoms with E-state index < -0.39 is 0 Å². The first-order valence-electron chi connectivity index (χ1n) is 6.38. The summed E-state index contributed by atoms with van der Waals surface area (Å²) in [6, 6.07) is 13.0. The normalized spacial score (nSPS) is 26.2. The van der Waals surface area contributed by atoms with Gasteiger partial charge >= 0.3 is 0 Å². The van der Waals surface area contributed by atoms with Crippen LogP contribution in [0.15, 0.2) is 36.4 Å². The van der Waals surface area contributed by atoms with Gasteiger partial charge < -0.3 is 0 Å². The molecular formula is C16H14O. The lowest BCUT2D eigenvalue weighted by Crippen LogP contribution is -2.29. The van der Waals surface area contributed by atoms with Crippen molar-refractivity contribution < 1.29 is 4.79 Å². The zero-order valence-electron chi connectivity index (χ0n) is 9.65. The van der Waals surface area contributed by atoms with Gasteiger partial charge in [-0.2, -0.15) is 0 Å². The molecule has 5 rings (SSSR count). The fourth-order valence-electron chi connectivity index (χ4n) is 3.54. The molecule has 1 fully saturated rings. The highest BCUT2D eigenvalue weighted by atomic mass is 16.1. The van der Waals surface area contributed by atoms with E-state index in [4.69, 9.17) is 0 Å². The molecule has 3 aliphatic rings. The highest BCUT2D eigenvalue weighted by Crippen LogP contribution is 2.48. The third-order valence-electron chi connectivity index (χ3n) is 4.41. The van der Waals surface area contributed by atoms with Gasteiger partial charge in [-0.1, -0.05) is 36.4 Å². The number of hydrogen-bond donors (Lipinski definition) is 0. The fraction of sp³-hybridized carbons (Fsp3) is 0.312. The van der Waals surface area contributed by atoms with E-state index in [9.17, 15) is 4.79 Å². The van der Waals surface area contributed by atoms with Gasteiger partial charge in [-0.25, -0.2) is 0 Å². The van der Waals surface area contributed by atoms with Gasteiger partial charge in [-0.15, -0.1) is 0 Å². The van der Waals surface area contributed by atoms with E-state index in [0.29, 0.717) is 11.7 Å². The Balaban J connectivity index is 2.04. The predicted molar refractivity (Wildman–Crippen MR) is 68.3 cm³/mol. The van der Waals surface area contributed by atoms with Crippen molar-refractivity contribution in [2.24, 2.45) is 0 Å². The summed E-state index contributed by atoms with van der Waals surface area (Å²) in [5.74, 6) is 1.15. The summed E-state index contributed by atoms with van der Waals surface area (Å²) in [5.41, 5.74) is 2.76. The zero-order valence-corrected chi connectivity index (χ0v) is 9.65. The van der Waals surface area contributed by atoms with Crippen LogP contribution in [0.3, 0.4) is 0 Å². The number of rotatable bonds is 0. The van der Waals surface area contributed by atoms with Crippen LogP contribution in [0.2, 0.25) is 0 Å². The number of fused-ring (bicyclic) bond motifs is 3. The second-order valence-electron chi connectivity index (χ2n) is 5.33. The Morgan fingerprint density at radius 3 is 2.35 bits per heavy atom. The van der Waals surface area contributed by atoms with Gasteiger partial charge in [0.1, 0.15) is 5.78 Å². The highest BCUT2D eigenvalue weighted by Gasteiger charge is 2.38. The van der Waals surface area contributed by atoms with E-state index >= 15 is 0 Å². The molecule has 2 aromatic rings. The summed E-state index contributed by atoms with van der Waals surface area (Å²) in [6.45, 7) is 0. The Kier molecular flexibility index (Phi) is 1.77. The molecule has 1 heteroatoms. The SMILES string of the molecule is O=C1CC2CCC1c1cc3ccccc3cc12. The molecule has 3 aliphatic carbocycles. The molecule has 0 N–H and O–H groups in total. The molecule has 84 valence electrons. The first kappa shape index (κ1) is 9.41. The lowest BCUT2D eigenvalue weighted by Gasteiger charge is -2.37. The van der Waals surface area contributed by atoms with Gasteiger partial charge in [0, 0.05) is 12.3 Å². The molecule has 2 unspecified atom stereocenters. The zero-order chi connectivity index (χ0) is 11.4. The maximum Gasteiger partial charge on any atom is 0.140 e. The first-order chi connectivity index (χ1) is 8.33. The van der Waals surface area contributed by atoms with Crippen LogP contribution in [0.5, 0.6) is 0 Å². The van der Waals surface area contributed by atoms with Crippen molar-refractivity contribution in [1.29, 1.82) is 0 Å². The van der Waals surface area contributed by atoms with Gasteiger partial charge in [0.2, 0.25) is 0 Å². The molecule has 1 nitrogen and oxygen atoms in total. The molecular weight excluding hydrogens is 208 g/mol. The van der Waals surface area contributed by atoms with Crippen molar-refractivity contribution in [3.05, 3.63) is 47.5 Å². The van der Waals surface area contributed by atoms with Gasteiger partial charge in [-0.3, -0.25) is 4.79 Å². The van der Waals surface area contributed by atoms with E-state index in [1.807, 2.05) is 0 Å². The Morgan fingerprint density at radius 1 is 0.941 bits per heavy atom. The van der Waals surface area contributed by atoms with Crippen LogP contribution >= 0.6 is 0 Å². The maximum absolute atomic E-state index is 12.0. The van der Waals surface area contributed by atoms with Crippen LogP contribution in [0.4, 0.5) is 0 Å². The molecule has 0 spiro atoms. The summed E-state index contributed by atoms with van der Waals surface area (Å²) in [6.07, 6.45) is 3.03. The van der Waals surface area contributed by atoms with Crippen LogP contribution < -0.4 is 0 Å².